The normalized spacial score (nSPS) is 25.0. The summed E-state index contributed by atoms with van der Waals surface area (Å²) in [5.74, 6) is -0.00149. The molecule has 2 amide bonds. The third kappa shape index (κ3) is 4.22. The van der Waals surface area contributed by atoms with E-state index in [9.17, 15) is 9.18 Å². The van der Waals surface area contributed by atoms with Gasteiger partial charge in [-0.15, -0.1) is 0 Å². The Morgan fingerprint density at radius 3 is 2.67 bits per heavy atom. The van der Waals surface area contributed by atoms with Crippen LogP contribution >= 0.6 is 11.8 Å². The first kappa shape index (κ1) is 17.5. The summed E-state index contributed by atoms with van der Waals surface area (Å²) in [5.41, 5.74) is 0.980. The number of amides is 2. The van der Waals surface area contributed by atoms with Crippen LogP contribution in [0.25, 0.3) is 0 Å². The molecule has 0 spiro atoms. The maximum atomic E-state index is 13.1. The number of ether oxygens (including phenoxy) is 1. The second kappa shape index (κ2) is 8.21. The number of thioether (sulfide) groups is 1. The Hall–Kier alpha value is -1.27. The van der Waals surface area contributed by atoms with E-state index in [1.807, 2.05) is 16.7 Å². The number of likely N-dealkylation sites (tertiary alicyclic amines) is 1. The second-order valence-electron chi connectivity index (χ2n) is 6.50. The van der Waals surface area contributed by atoms with Crippen LogP contribution in [-0.2, 0) is 4.74 Å². The highest BCUT2D eigenvalue weighted by Gasteiger charge is 2.30. The van der Waals surface area contributed by atoms with Gasteiger partial charge < -0.3 is 15.0 Å². The summed E-state index contributed by atoms with van der Waals surface area (Å²) in [5, 5.41) is 3.75. The molecular weight excluding hydrogens is 327 g/mol. The van der Waals surface area contributed by atoms with Crippen molar-refractivity contribution in [3.8, 4) is 0 Å². The zero-order valence-electron chi connectivity index (χ0n) is 14.0. The van der Waals surface area contributed by atoms with Gasteiger partial charge in [-0.3, -0.25) is 0 Å². The molecule has 24 heavy (non-hydrogen) atoms. The van der Waals surface area contributed by atoms with Crippen molar-refractivity contribution in [3.63, 3.8) is 0 Å². The molecule has 2 saturated heterocycles. The number of piperidine rings is 1. The fourth-order valence-corrected chi connectivity index (χ4v) is 4.17. The summed E-state index contributed by atoms with van der Waals surface area (Å²) in [7, 11) is 0. The first-order chi connectivity index (χ1) is 11.7. The summed E-state index contributed by atoms with van der Waals surface area (Å²) >= 11 is 1.89. The lowest BCUT2D eigenvalue weighted by Gasteiger charge is -2.31. The zero-order chi connectivity index (χ0) is 16.9. The van der Waals surface area contributed by atoms with Crippen molar-refractivity contribution in [2.24, 2.45) is 5.92 Å². The Labute approximate surface area is 147 Å². The summed E-state index contributed by atoms with van der Waals surface area (Å²) in [6.45, 7) is 2.95. The fourth-order valence-electron chi connectivity index (χ4n) is 3.49. The first-order valence-electron chi connectivity index (χ1n) is 8.60. The van der Waals surface area contributed by atoms with E-state index in [2.05, 4.69) is 11.6 Å². The average Bonchev–Trinajstić information content (AvgIpc) is 3.09. The number of urea groups is 1. The molecule has 2 aliphatic heterocycles. The second-order valence-corrected chi connectivity index (χ2v) is 7.64. The number of halogens is 1. The van der Waals surface area contributed by atoms with Gasteiger partial charge in [-0.2, -0.15) is 11.8 Å². The molecule has 1 N–H and O–H groups in total. The average molecular weight is 352 g/mol. The number of rotatable bonds is 4. The molecule has 2 heterocycles. The lowest BCUT2D eigenvalue weighted by Crippen LogP contribution is -2.46. The van der Waals surface area contributed by atoms with Crippen molar-refractivity contribution < 1.29 is 13.9 Å². The summed E-state index contributed by atoms with van der Waals surface area (Å²) < 4.78 is 18.9. The van der Waals surface area contributed by atoms with Crippen molar-refractivity contribution >= 4 is 17.8 Å². The number of benzene rings is 1. The third-order valence-electron chi connectivity index (χ3n) is 4.99. The predicted octanol–water partition coefficient (Wildman–Crippen LogP) is 3.44. The maximum Gasteiger partial charge on any atom is 0.317 e. The van der Waals surface area contributed by atoms with Gasteiger partial charge in [-0.05, 0) is 43.2 Å². The van der Waals surface area contributed by atoms with E-state index in [1.54, 1.807) is 12.1 Å². The van der Waals surface area contributed by atoms with Gasteiger partial charge in [0.25, 0.3) is 0 Å². The van der Waals surface area contributed by atoms with Gasteiger partial charge >= 0.3 is 6.03 Å². The molecule has 0 bridgehead atoms. The van der Waals surface area contributed by atoms with Gasteiger partial charge in [0.05, 0.1) is 6.10 Å². The minimum Gasteiger partial charge on any atom is -0.373 e. The van der Waals surface area contributed by atoms with Crippen LogP contribution in [0.15, 0.2) is 24.3 Å². The number of nitrogens with zero attached hydrogens (tertiary/aromatic N) is 1. The van der Waals surface area contributed by atoms with Gasteiger partial charge in [0.15, 0.2) is 0 Å². The Balaban J connectivity index is 1.50. The highest BCUT2D eigenvalue weighted by atomic mass is 32.2. The van der Waals surface area contributed by atoms with E-state index >= 15 is 0 Å². The molecule has 132 valence electrons. The lowest BCUT2D eigenvalue weighted by atomic mass is 9.95. The van der Waals surface area contributed by atoms with Gasteiger partial charge in [0.1, 0.15) is 5.82 Å². The monoisotopic (exact) mass is 352 g/mol. The zero-order valence-corrected chi connectivity index (χ0v) is 14.9. The van der Waals surface area contributed by atoms with Crippen LogP contribution in [0.1, 0.15) is 30.9 Å². The molecule has 0 aromatic heterocycles. The Bertz CT molecular complexity index is 546. The smallest absolute Gasteiger partial charge is 0.317 e. The number of carbonyl (C=O) groups excluding carboxylic acids is 1. The van der Waals surface area contributed by atoms with Crippen LogP contribution < -0.4 is 5.32 Å². The van der Waals surface area contributed by atoms with Crippen molar-refractivity contribution in [3.05, 3.63) is 35.6 Å². The standard InChI is InChI=1S/C18H25FN2O2S/c1-24-16-6-9-21(10-7-16)18(22)20-12-14-8-11-23-17(14)13-2-4-15(19)5-3-13/h2-5,14,16-17H,6-12H2,1H3,(H,20,22)/t14-,17-/m0/s1. The van der Waals surface area contributed by atoms with Crippen molar-refractivity contribution in [1.82, 2.24) is 10.2 Å². The highest BCUT2D eigenvalue weighted by Crippen LogP contribution is 2.34. The van der Waals surface area contributed by atoms with E-state index in [1.165, 1.54) is 12.1 Å². The Morgan fingerprint density at radius 2 is 2.00 bits per heavy atom. The van der Waals surface area contributed by atoms with Crippen LogP contribution in [0.3, 0.4) is 0 Å². The molecule has 2 fully saturated rings. The van der Waals surface area contributed by atoms with Crippen LogP contribution in [-0.4, -0.2) is 48.7 Å². The van der Waals surface area contributed by atoms with E-state index in [0.717, 1.165) is 37.9 Å². The molecule has 0 saturated carbocycles. The highest BCUT2D eigenvalue weighted by molar-refractivity contribution is 7.99. The largest absolute Gasteiger partial charge is 0.373 e. The topological polar surface area (TPSA) is 41.6 Å². The van der Waals surface area contributed by atoms with Gasteiger partial charge in [0.2, 0.25) is 0 Å². The molecule has 2 atom stereocenters. The number of nitrogens with one attached hydrogen (secondary N) is 1. The first-order valence-corrected chi connectivity index (χ1v) is 9.89. The number of hydrogen-bond donors (Lipinski definition) is 1. The molecular formula is C18H25FN2O2S. The van der Waals surface area contributed by atoms with Crippen molar-refractivity contribution in [2.75, 3.05) is 32.5 Å². The molecule has 0 aliphatic carbocycles. The van der Waals surface area contributed by atoms with E-state index in [4.69, 9.17) is 4.74 Å². The lowest BCUT2D eigenvalue weighted by molar-refractivity contribution is 0.0903. The van der Waals surface area contributed by atoms with E-state index in [-0.39, 0.29) is 23.9 Å². The predicted molar refractivity (Wildman–Crippen MR) is 94.7 cm³/mol. The summed E-state index contributed by atoms with van der Waals surface area (Å²) in [6.07, 6.45) is 5.12. The third-order valence-corrected chi connectivity index (χ3v) is 6.13. The van der Waals surface area contributed by atoms with Crippen molar-refractivity contribution in [1.29, 1.82) is 0 Å². The number of carbonyl (C=O) groups is 1. The van der Waals surface area contributed by atoms with Gasteiger partial charge in [-0.1, -0.05) is 12.1 Å². The van der Waals surface area contributed by atoms with Gasteiger partial charge in [-0.25, -0.2) is 9.18 Å². The summed E-state index contributed by atoms with van der Waals surface area (Å²) in [4.78, 5) is 14.3. The summed E-state index contributed by atoms with van der Waals surface area (Å²) in [6, 6.07) is 6.49. The van der Waals surface area contributed by atoms with Crippen molar-refractivity contribution in [2.45, 2.75) is 30.6 Å². The Kier molecular flexibility index (Phi) is 6.00. The molecule has 2 aliphatic rings. The molecule has 0 unspecified atom stereocenters. The number of hydrogen-bond acceptors (Lipinski definition) is 3. The SMILES string of the molecule is CSC1CCN(C(=O)NC[C@@H]2CCO[C@H]2c2ccc(F)cc2)CC1. The van der Waals surface area contributed by atoms with Crippen LogP contribution in [0.4, 0.5) is 9.18 Å². The molecule has 1 aromatic rings. The molecule has 3 rings (SSSR count). The molecule has 6 heteroatoms. The van der Waals surface area contributed by atoms with E-state index < -0.39 is 0 Å². The fraction of sp³-hybridized carbons (Fsp3) is 0.611. The molecule has 0 radical (unpaired) electrons. The molecule has 4 nitrogen and oxygen atoms in total. The molecule has 1 aromatic carbocycles. The van der Waals surface area contributed by atoms with E-state index in [0.29, 0.717) is 18.4 Å². The maximum absolute atomic E-state index is 13.1. The van der Waals surface area contributed by atoms with Crippen LogP contribution in [0.5, 0.6) is 0 Å². The quantitative estimate of drug-likeness (QED) is 0.902. The van der Waals surface area contributed by atoms with Crippen LogP contribution in [0, 0.1) is 11.7 Å². The minimum absolute atomic E-state index is 0.0271. The Morgan fingerprint density at radius 1 is 1.29 bits per heavy atom. The minimum atomic E-state index is -0.241. The van der Waals surface area contributed by atoms with Gasteiger partial charge in [0, 0.05) is 37.4 Å². The van der Waals surface area contributed by atoms with Crippen LogP contribution in [0.2, 0.25) is 0 Å².